The second-order valence-electron chi connectivity index (χ2n) is 6.15. The summed E-state index contributed by atoms with van der Waals surface area (Å²) in [7, 11) is 1.33. The van der Waals surface area contributed by atoms with Crippen LogP contribution < -0.4 is 10.1 Å². The van der Waals surface area contributed by atoms with Crippen molar-refractivity contribution in [3.63, 3.8) is 0 Å². The van der Waals surface area contributed by atoms with E-state index in [0.29, 0.717) is 34.5 Å². The molecule has 6 heteroatoms. The van der Waals surface area contributed by atoms with Gasteiger partial charge in [-0.15, -0.1) is 0 Å². The average Bonchev–Trinajstić information content (AvgIpc) is 3.03. The maximum atomic E-state index is 13.1. The van der Waals surface area contributed by atoms with Crippen molar-refractivity contribution >= 4 is 5.97 Å². The number of esters is 1. The third-order valence-corrected chi connectivity index (χ3v) is 4.63. The number of nitrogens with zero attached hydrogens (tertiary/aromatic N) is 1. The summed E-state index contributed by atoms with van der Waals surface area (Å²) in [5.74, 6) is 0.656. The van der Waals surface area contributed by atoms with Crippen molar-refractivity contribution in [2.24, 2.45) is 11.8 Å². The lowest BCUT2D eigenvalue weighted by molar-refractivity contribution is 0.0600. The zero-order valence-electron chi connectivity index (χ0n) is 13.2. The summed E-state index contributed by atoms with van der Waals surface area (Å²) in [6.07, 6.45) is 0.146. The molecule has 2 aromatic rings. The monoisotopic (exact) mass is 328 g/mol. The van der Waals surface area contributed by atoms with Crippen molar-refractivity contribution in [2.75, 3.05) is 20.2 Å². The number of carbonyl (C=O) groups excluding carboxylic acids is 1. The number of aromatic nitrogens is 1. The highest BCUT2D eigenvalue weighted by Crippen LogP contribution is 2.44. The number of nitrogens with one attached hydrogen (secondary N) is 1. The molecule has 0 spiro atoms. The highest BCUT2D eigenvalue weighted by Gasteiger charge is 2.55. The maximum Gasteiger partial charge on any atom is 0.338 e. The number of piperidine rings is 1. The van der Waals surface area contributed by atoms with E-state index >= 15 is 0 Å². The summed E-state index contributed by atoms with van der Waals surface area (Å²) in [6, 6.07) is 9.19. The first-order valence-corrected chi connectivity index (χ1v) is 7.89. The quantitative estimate of drug-likeness (QED) is 0.873. The van der Waals surface area contributed by atoms with Gasteiger partial charge in [-0.05, 0) is 30.3 Å². The molecule has 24 heavy (non-hydrogen) atoms. The molecule has 5 nitrogen and oxygen atoms in total. The van der Waals surface area contributed by atoms with Crippen molar-refractivity contribution in [2.45, 2.75) is 6.10 Å². The lowest BCUT2D eigenvalue weighted by Crippen LogP contribution is -2.20. The Kier molecular flexibility index (Phi) is 3.69. The Morgan fingerprint density at radius 3 is 2.58 bits per heavy atom. The summed E-state index contributed by atoms with van der Waals surface area (Å²) >= 11 is 0. The number of benzene rings is 1. The maximum absolute atomic E-state index is 13.1. The first-order valence-electron chi connectivity index (χ1n) is 7.89. The zero-order chi connectivity index (χ0) is 16.7. The first-order chi connectivity index (χ1) is 11.7. The Labute approximate surface area is 138 Å². The van der Waals surface area contributed by atoms with E-state index in [4.69, 9.17) is 9.47 Å². The molecule has 2 fully saturated rings. The van der Waals surface area contributed by atoms with Crippen molar-refractivity contribution in [3.05, 3.63) is 47.8 Å². The molecule has 1 aliphatic carbocycles. The van der Waals surface area contributed by atoms with Gasteiger partial charge in [-0.3, -0.25) is 0 Å². The fraction of sp³-hybridized carbons (Fsp3) is 0.333. The molecule has 1 aromatic carbocycles. The molecule has 1 saturated carbocycles. The van der Waals surface area contributed by atoms with Crippen molar-refractivity contribution in [3.8, 4) is 17.1 Å². The topological polar surface area (TPSA) is 60.5 Å². The highest BCUT2D eigenvalue weighted by molar-refractivity contribution is 5.91. The molecule has 0 bridgehead atoms. The van der Waals surface area contributed by atoms with Gasteiger partial charge in [-0.1, -0.05) is 0 Å². The molecule has 1 aromatic heterocycles. The number of pyridine rings is 1. The molecule has 1 aliphatic heterocycles. The minimum absolute atomic E-state index is 0.146. The fourth-order valence-electron chi connectivity index (χ4n) is 3.25. The molecule has 1 saturated heterocycles. The largest absolute Gasteiger partial charge is 0.474 e. The highest BCUT2D eigenvalue weighted by atomic mass is 19.1. The van der Waals surface area contributed by atoms with Gasteiger partial charge in [0.1, 0.15) is 11.9 Å². The van der Waals surface area contributed by atoms with Crippen LogP contribution >= 0.6 is 0 Å². The third-order valence-electron chi connectivity index (χ3n) is 4.63. The second kappa shape index (κ2) is 5.87. The Bertz CT molecular complexity index is 768. The molecule has 0 radical (unpaired) electrons. The van der Waals surface area contributed by atoms with E-state index in [1.807, 2.05) is 0 Å². The molecule has 2 unspecified atom stereocenters. The lowest BCUT2D eigenvalue weighted by atomic mass is 10.1. The summed E-state index contributed by atoms with van der Waals surface area (Å²) < 4.78 is 23.9. The van der Waals surface area contributed by atoms with Gasteiger partial charge in [0.05, 0.1) is 18.4 Å². The van der Waals surface area contributed by atoms with Gasteiger partial charge >= 0.3 is 5.97 Å². The Morgan fingerprint density at radius 1 is 1.21 bits per heavy atom. The van der Waals surface area contributed by atoms with Gasteiger partial charge in [-0.25, -0.2) is 14.2 Å². The van der Waals surface area contributed by atoms with Gasteiger partial charge in [0.25, 0.3) is 0 Å². The average molecular weight is 328 g/mol. The molecule has 124 valence electrons. The summed E-state index contributed by atoms with van der Waals surface area (Å²) in [6.45, 7) is 1.91. The van der Waals surface area contributed by atoms with Gasteiger partial charge in [0.15, 0.2) is 0 Å². The number of hydrogen-bond donors (Lipinski definition) is 1. The van der Waals surface area contributed by atoms with Crippen LogP contribution in [0.25, 0.3) is 11.3 Å². The Balaban J connectivity index is 1.66. The van der Waals surface area contributed by atoms with Crippen LogP contribution in [-0.4, -0.2) is 37.3 Å². The number of halogens is 1. The van der Waals surface area contributed by atoms with Crippen LogP contribution in [0.3, 0.4) is 0 Å². The van der Waals surface area contributed by atoms with Crippen LogP contribution in [0.4, 0.5) is 4.39 Å². The predicted molar refractivity (Wildman–Crippen MR) is 85.2 cm³/mol. The van der Waals surface area contributed by atoms with Crippen molar-refractivity contribution in [1.29, 1.82) is 0 Å². The van der Waals surface area contributed by atoms with E-state index in [0.717, 1.165) is 13.1 Å². The zero-order valence-corrected chi connectivity index (χ0v) is 13.2. The predicted octanol–water partition coefficient (Wildman–Crippen LogP) is 2.27. The van der Waals surface area contributed by atoms with Gasteiger partial charge < -0.3 is 14.8 Å². The van der Waals surface area contributed by atoms with Crippen LogP contribution in [0, 0.1) is 17.7 Å². The molecule has 1 N–H and O–H groups in total. The molecule has 4 rings (SSSR count). The minimum Gasteiger partial charge on any atom is -0.474 e. The standard InChI is InChI=1S/C18H17FN2O3/c1-23-18(22)11-6-15(10-2-4-12(19)5-3-10)21-16(7-11)24-17-13-8-20-9-14(13)17/h2-7,13-14,17,20H,8-9H2,1H3. The van der Waals surface area contributed by atoms with Crippen LogP contribution in [0.2, 0.25) is 0 Å². The summed E-state index contributed by atoms with van der Waals surface area (Å²) in [5, 5.41) is 3.31. The Hall–Kier alpha value is -2.47. The van der Waals surface area contributed by atoms with Crippen LogP contribution in [0.1, 0.15) is 10.4 Å². The van der Waals surface area contributed by atoms with Gasteiger partial charge in [-0.2, -0.15) is 0 Å². The second-order valence-corrected chi connectivity index (χ2v) is 6.15. The van der Waals surface area contributed by atoms with Crippen LogP contribution in [0.5, 0.6) is 5.88 Å². The molecular weight excluding hydrogens is 311 g/mol. The van der Waals surface area contributed by atoms with E-state index in [1.165, 1.54) is 19.2 Å². The molecular formula is C18H17FN2O3. The SMILES string of the molecule is COC(=O)c1cc(OC2C3CNCC32)nc(-c2ccc(F)cc2)c1. The summed E-state index contributed by atoms with van der Waals surface area (Å²) in [5.41, 5.74) is 1.63. The van der Waals surface area contributed by atoms with Gasteiger partial charge in [0, 0.05) is 36.6 Å². The number of ether oxygens (including phenoxy) is 2. The Morgan fingerprint density at radius 2 is 1.92 bits per heavy atom. The normalized spacial score (nSPS) is 24.3. The van der Waals surface area contributed by atoms with E-state index in [1.54, 1.807) is 24.3 Å². The minimum atomic E-state index is -0.455. The van der Waals surface area contributed by atoms with Crippen LogP contribution in [0.15, 0.2) is 36.4 Å². The van der Waals surface area contributed by atoms with Crippen LogP contribution in [-0.2, 0) is 4.74 Å². The fourth-order valence-corrected chi connectivity index (χ4v) is 3.25. The molecule has 2 aliphatic rings. The number of carbonyl (C=O) groups is 1. The number of methoxy groups -OCH3 is 1. The van der Waals surface area contributed by atoms with E-state index in [-0.39, 0.29) is 11.9 Å². The number of hydrogen-bond acceptors (Lipinski definition) is 5. The van der Waals surface area contributed by atoms with E-state index in [9.17, 15) is 9.18 Å². The third kappa shape index (κ3) is 2.73. The molecule has 0 amide bonds. The first kappa shape index (κ1) is 15.1. The van der Waals surface area contributed by atoms with Crippen molar-refractivity contribution < 1.29 is 18.7 Å². The van der Waals surface area contributed by atoms with Crippen molar-refractivity contribution in [1.82, 2.24) is 10.3 Å². The lowest BCUT2D eigenvalue weighted by Gasteiger charge is -2.11. The molecule has 2 heterocycles. The molecule has 2 atom stereocenters. The smallest absolute Gasteiger partial charge is 0.338 e. The number of rotatable bonds is 4. The van der Waals surface area contributed by atoms with E-state index in [2.05, 4.69) is 10.3 Å². The van der Waals surface area contributed by atoms with E-state index < -0.39 is 5.97 Å². The number of fused-ring (bicyclic) bond motifs is 1. The summed E-state index contributed by atoms with van der Waals surface area (Å²) in [4.78, 5) is 16.4. The van der Waals surface area contributed by atoms with Gasteiger partial charge in [0.2, 0.25) is 5.88 Å².